The minimum atomic E-state index is 0.213. The SMILES string of the molecule is CCc1ccc(CN2C(=O)CCCc3cc(N)ccc32)s1. The Hall–Kier alpha value is -1.81. The standard InChI is InChI=1S/C17H20N2OS/c1-2-14-7-8-15(21-14)11-19-16-9-6-13(18)10-12(16)4-3-5-17(19)20/h6-10H,2-5,11,18H2,1H3. The summed E-state index contributed by atoms with van der Waals surface area (Å²) >= 11 is 1.79. The molecule has 1 aromatic carbocycles. The Kier molecular flexibility index (Phi) is 3.97. The van der Waals surface area contributed by atoms with E-state index >= 15 is 0 Å². The largest absolute Gasteiger partial charge is 0.399 e. The van der Waals surface area contributed by atoms with Crippen LogP contribution in [0.5, 0.6) is 0 Å². The molecule has 3 nitrogen and oxygen atoms in total. The van der Waals surface area contributed by atoms with Gasteiger partial charge in [-0.15, -0.1) is 11.3 Å². The highest BCUT2D eigenvalue weighted by Crippen LogP contribution is 2.31. The summed E-state index contributed by atoms with van der Waals surface area (Å²) in [5.41, 5.74) is 8.87. The van der Waals surface area contributed by atoms with Gasteiger partial charge < -0.3 is 10.6 Å². The van der Waals surface area contributed by atoms with E-state index in [9.17, 15) is 4.79 Å². The fourth-order valence-electron chi connectivity index (χ4n) is 2.79. The van der Waals surface area contributed by atoms with E-state index in [1.807, 2.05) is 23.1 Å². The molecule has 0 fully saturated rings. The average Bonchev–Trinajstić information content (AvgIpc) is 2.87. The number of nitrogens with zero attached hydrogens (tertiary/aromatic N) is 1. The van der Waals surface area contributed by atoms with Gasteiger partial charge in [-0.3, -0.25) is 4.79 Å². The summed E-state index contributed by atoms with van der Waals surface area (Å²) in [6.07, 6.45) is 3.48. The maximum absolute atomic E-state index is 12.4. The molecule has 4 heteroatoms. The van der Waals surface area contributed by atoms with Gasteiger partial charge in [-0.25, -0.2) is 0 Å². The lowest BCUT2D eigenvalue weighted by Gasteiger charge is -2.22. The Morgan fingerprint density at radius 2 is 2.00 bits per heavy atom. The van der Waals surface area contributed by atoms with Gasteiger partial charge in [-0.05, 0) is 55.2 Å². The fourth-order valence-corrected chi connectivity index (χ4v) is 3.74. The second kappa shape index (κ2) is 5.90. The van der Waals surface area contributed by atoms with Crippen LogP contribution < -0.4 is 10.6 Å². The minimum Gasteiger partial charge on any atom is -0.399 e. The third-order valence-electron chi connectivity index (χ3n) is 3.91. The molecule has 0 bridgehead atoms. The summed E-state index contributed by atoms with van der Waals surface area (Å²) < 4.78 is 0. The van der Waals surface area contributed by atoms with Crippen LogP contribution in [0, 0.1) is 0 Å². The van der Waals surface area contributed by atoms with E-state index in [4.69, 9.17) is 5.73 Å². The van der Waals surface area contributed by atoms with Gasteiger partial charge in [-0.2, -0.15) is 0 Å². The Morgan fingerprint density at radius 3 is 2.76 bits per heavy atom. The number of aryl methyl sites for hydroxylation is 2. The van der Waals surface area contributed by atoms with Crippen molar-refractivity contribution in [2.24, 2.45) is 0 Å². The third-order valence-corrected chi connectivity index (χ3v) is 5.13. The first-order valence-corrected chi connectivity index (χ1v) is 8.25. The molecule has 3 rings (SSSR count). The first-order valence-electron chi connectivity index (χ1n) is 7.43. The average molecular weight is 300 g/mol. The van der Waals surface area contributed by atoms with Gasteiger partial charge >= 0.3 is 0 Å². The maximum atomic E-state index is 12.4. The highest BCUT2D eigenvalue weighted by atomic mass is 32.1. The second-order valence-corrected chi connectivity index (χ2v) is 6.70. The number of hydrogen-bond donors (Lipinski definition) is 1. The van der Waals surface area contributed by atoms with Crippen LogP contribution in [-0.4, -0.2) is 5.91 Å². The lowest BCUT2D eigenvalue weighted by atomic mass is 10.1. The monoisotopic (exact) mass is 300 g/mol. The fraction of sp³-hybridized carbons (Fsp3) is 0.353. The number of anilines is 2. The van der Waals surface area contributed by atoms with Gasteiger partial charge in [0.25, 0.3) is 0 Å². The molecular weight excluding hydrogens is 280 g/mol. The van der Waals surface area contributed by atoms with Crippen molar-refractivity contribution in [2.45, 2.75) is 39.2 Å². The Balaban J connectivity index is 1.93. The lowest BCUT2D eigenvalue weighted by Crippen LogP contribution is -2.29. The molecule has 0 spiro atoms. The number of nitrogens with two attached hydrogens (primary N) is 1. The Bertz CT molecular complexity index is 663. The van der Waals surface area contributed by atoms with Crippen molar-refractivity contribution in [3.63, 3.8) is 0 Å². The summed E-state index contributed by atoms with van der Waals surface area (Å²) in [5.74, 6) is 0.213. The highest BCUT2D eigenvalue weighted by Gasteiger charge is 2.22. The molecule has 2 N–H and O–H groups in total. The smallest absolute Gasteiger partial charge is 0.227 e. The summed E-state index contributed by atoms with van der Waals surface area (Å²) in [6.45, 7) is 2.82. The summed E-state index contributed by atoms with van der Waals surface area (Å²) in [6, 6.07) is 10.2. The molecule has 0 aliphatic carbocycles. The van der Waals surface area contributed by atoms with Crippen LogP contribution in [0.25, 0.3) is 0 Å². The van der Waals surface area contributed by atoms with Gasteiger partial charge in [-0.1, -0.05) is 6.92 Å². The number of thiophene rings is 1. The van der Waals surface area contributed by atoms with Gasteiger partial charge in [0.15, 0.2) is 0 Å². The van der Waals surface area contributed by atoms with E-state index in [2.05, 4.69) is 19.1 Å². The number of hydrogen-bond acceptors (Lipinski definition) is 3. The molecule has 21 heavy (non-hydrogen) atoms. The molecule has 0 unspecified atom stereocenters. The van der Waals surface area contributed by atoms with Crippen LogP contribution in [0.15, 0.2) is 30.3 Å². The number of amides is 1. The molecule has 1 aromatic heterocycles. The van der Waals surface area contributed by atoms with Crippen molar-refractivity contribution in [2.75, 3.05) is 10.6 Å². The number of benzene rings is 1. The van der Waals surface area contributed by atoms with E-state index in [-0.39, 0.29) is 5.91 Å². The summed E-state index contributed by atoms with van der Waals surface area (Å²) in [7, 11) is 0. The molecule has 0 atom stereocenters. The quantitative estimate of drug-likeness (QED) is 0.877. The zero-order valence-electron chi connectivity index (χ0n) is 12.3. The topological polar surface area (TPSA) is 46.3 Å². The Morgan fingerprint density at radius 1 is 1.19 bits per heavy atom. The van der Waals surface area contributed by atoms with Crippen molar-refractivity contribution in [1.29, 1.82) is 0 Å². The molecule has 0 radical (unpaired) electrons. The zero-order valence-corrected chi connectivity index (χ0v) is 13.1. The molecule has 2 aromatic rings. The molecule has 1 aliphatic rings. The molecule has 1 amide bonds. The summed E-state index contributed by atoms with van der Waals surface area (Å²) in [5, 5.41) is 0. The first-order chi connectivity index (χ1) is 10.2. The molecule has 2 heterocycles. The van der Waals surface area contributed by atoms with Gasteiger partial charge in [0, 0.05) is 27.5 Å². The lowest BCUT2D eigenvalue weighted by molar-refractivity contribution is -0.118. The van der Waals surface area contributed by atoms with Crippen LogP contribution in [0.1, 0.15) is 35.1 Å². The van der Waals surface area contributed by atoms with E-state index < -0.39 is 0 Å². The van der Waals surface area contributed by atoms with Crippen molar-refractivity contribution in [3.05, 3.63) is 45.6 Å². The van der Waals surface area contributed by atoms with Gasteiger partial charge in [0.05, 0.1) is 6.54 Å². The van der Waals surface area contributed by atoms with E-state index in [1.54, 1.807) is 11.3 Å². The zero-order chi connectivity index (χ0) is 14.8. The first kappa shape index (κ1) is 14.1. The minimum absolute atomic E-state index is 0.213. The van der Waals surface area contributed by atoms with E-state index in [1.165, 1.54) is 15.3 Å². The van der Waals surface area contributed by atoms with Crippen LogP contribution in [0.4, 0.5) is 11.4 Å². The van der Waals surface area contributed by atoms with Crippen molar-refractivity contribution >= 4 is 28.6 Å². The molecule has 0 saturated carbocycles. The molecule has 0 saturated heterocycles. The number of rotatable bonds is 3. The van der Waals surface area contributed by atoms with Crippen LogP contribution in [0.3, 0.4) is 0 Å². The van der Waals surface area contributed by atoms with Crippen LogP contribution in [-0.2, 0) is 24.2 Å². The van der Waals surface area contributed by atoms with Gasteiger partial charge in [0.2, 0.25) is 5.91 Å². The van der Waals surface area contributed by atoms with E-state index in [0.717, 1.165) is 30.6 Å². The van der Waals surface area contributed by atoms with Crippen LogP contribution >= 0.6 is 11.3 Å². The maximum Gasteiger partial charge on any atom is 0.227 e. The van der Waals surface area contributed by atoms with Crippen molar-refractivity contribution < 1.29 is 4.79 Å². The van der Waals surface area contributed by atoms with Gasteiger partial charge in [0.1, 0.15) is 0 Å². The molecular formula is C17H20N2OS. The van der Waals surface area contributed by atoms with Crippen molar-refractivity contribution in [3.8, 4) is 0 Å². The normalized spacial score (nSPS) is 14.9. The number of nitrogen functional groups attached to an aromatic ring is 1. The predicted molar refractivity (Wildman–Crippen MR) is 88.7 cm³/mol. The van der Waals surface area contributed by atoms with Crippen molar-refractivity contribution in [1.82, 2.24) is 0 Å². The van der Waals surface area contributed by atoms with Crippen LogP contribution in [0.2, 0.25) is 0 Å². The highest BCUT2D eigenvalue weighted by molar-refractivity contribution is 7.12. The predicted octanol–water partition coefficient (Wildman–Crippen LogP) is 3.76. The molecule has 110 valence electrons. The third kappa shape index (κ3) is 2.95. The molecule has 1 aliphatic heterocycles. The summed E-state index contributed by atoms with van der Waals surface area (Å²) in [4.78, 5) is 17.0. The second-order valence-electron chi connectivity index (χ2n) is 5.44. The Labute approximate surface area is 129 Å². The van der Waals surface area contributed by atoms with E-state index in [0.29, 0.717) is 13.0 Å². The number of carbonyl (C=O) groups excluding carboxylic acids is 1. The number of fused-ring (bicyclic) bond motifs is 1. The number of carbonyl (C=O) groups is 1.